The van der Waals surface area contributed by atoms with Gasteiger partial charge in [0.15, 0.2) is 0 Å². The molecule has 0 rings (SSSR count). The van der Waals surface area contributed by atoms with Crippen LogP contribution in [0, 0.1) is 11.8 Å². The highest BCUT2D eigenvalue weighted by Gasteiger charge is 2.06. The molecule has 43 nitrogen and oxygen atoms in total. The lowest BCUT2D eigenvalue weighted by Crippen LogP contribution is -2.15. The predicted octanol–water partition coefficient (Wildman–Crippen LogP) is 10.1. The zero-order chi connectivity index (χ0) is 101. The molecule has 828 valence electrons. The van der Waals surface area contributed by atoms with Gasteiger partial charge in [0, 0.05) is 62.6 Å². The van der Waals surface area contributed by atoms with Crippen LogP contribution in [0.25, 0.3) is 20.9 Å². The van der Waals surface area contributed by atoms with Crippen LogP contribution in [0.1, 0.15) is 114 Å². The van der Waals surface area contributed by atoms with Crippen LogP contribution in [0.2, 0.25) is 0 Å². The summed E-state index contributed by atoms with van der Waals surface area (Å²) >= 11 is 0. The molecule has 138 heavy (non-hydrogen) atoms. The molecule has 0 aliphatic carbocycles. The third kappa shape index (κ3) is 153. The second-order valence-corrected chi connectivity index (χ2v) is 30.6. The van der Waals surface area contributed by atoms with Crippen molar-refractivity contribution < 1.29 is 175 Å². The number of ether oxygens (including phenoxy) is 37. The van der Waals surface area contributed by atoms with E-state index < -0.39 is 0 Å². The Morgan fingerprint density at radius 2 is 0.275 bits per heavy atom. The largest absolute Gasteiger partial charge is 0.379 e. The van der Waals surface area contributed by atoms with E-state index in [-0.39, 0.29) is 12.2 Å². The van der Waals surface area contributed by atoms with Gasteiger partial charge in [0.25, 0.3) is 0 Å². The van der Waals surface area contributed by atoms with Gasteiger partial charge in [-0.25, -0.2) is 0 Å². The summed E-state index contributed by atoms with van der Waals surface area (Å²) in [6.07, 6.45) is 7.91. The van der Waals surface area contributed by atoms with E-state index in [1.54, 1.807) is 0 Å². The molecule has 0 aromatic heterocycles. The standard InChI is InChI=1S/C28H58O12.C28H58O11.C24H49N3O8.C15H31N3O6/c1-4-5-29-6-7-30-8-9-31-10-11-32-12-13-33-14-15-34-16-17-35-18-19-36-20-21-37-22-23-38-24-25-39-26-27-40-28(2)3;1-4-6-29-8-10-31-12-14-33-16-18-35-20-22-37-24-26-39-27-25-38-23-21-36-19-17-34-15-13-32-11-9-30-7-5-28(2)3;1-24(2)6-10-30-14-12-28-8-4-3-5-9-29-13-16-32-18-20-34-22-23-35-21-19-33-17-15-31-11-7-26-27-25;1-15(2)24-14-13-23-12-11-22-10-9-21-8-7-20-6-5-19-4-3-17-18-16/h28H,4-27H2,1-3H3;28H,4-27H2,1-3H3;24H,3-23H2,1-2H3;15H,3-14H2,1-2H3. The van der Waals surface area contributed by atoms with Crippen molar-refractivity contribution in [1.82, 2.24) is 0 Å². The molecule has 0 aliphatic rings. The van der Waals surface area contributed by atoms with Gasteiger partial charge in [-0.3, -0.25) is 0 Å². The Kier molecular flexibility index (Phi) is 142. The van der Waals surface area contributed by atoms with Crippen molar-refractivity contribution >= 4 is 0 Å². The first-order valence-electron chi connectivity index (χ1n) is 50.5. The normalized spacial score (nSPS) is 11.5. The van der Waals surface area contributed by atoms with E-state index in [1.807, 2.05) is 27.7 Å². The highest BCUT2D eigenvalue weighted by Crippen LogP contribution is 2.03. The lowest BCUT2D eigenvalue weighted by atomic mass is 10.1. The fourth-order valence-corrected chi connectivity index (χ4v) is 9.61. The second kappa shape index (κ2) is 138. The minimum atomic E-state index is 0.234. The average Bonchev–Trinajstić information content (AvgIpc) is 1.11. The fraction of sp³-hybridized carbons (Fsp3) is 1.00. The molecular formula is C95H196N6O37. The van der Waals surface area contributed by atoms with Crippen molar-refractivity contribution in [2.75, 3.05) is 489 Å². The summed E-state index contributed by atoms with van der Waals surface area (Å²) in [6, 6.07) is 0. The van der Waals surface area contributed by atoms with Gasteiger partial charge in [0.2, 0.25) is 0 Å². The van der Waals surface area contributed by atoms with Gasteiger partial charge in [-0.1, -0.05) is 51.8 Å². The summed E-state index contributed by atoms with van der Waals surface area (Å²) in [5.74, 6) is 1.36. The van der Waals surface area contributed by atoms with E-state index in [4.69, 9.17) is 186 Å². The third-order valence-electron chi connectivity index (χ3n) is 16.8. The second-order valence-electron chi connectivity index (χ2n) is 30.6. The van der Waals surface area contributed by atoms with Gasteiger partial charge in [-0.2, -0.15) is 0 Å². The summed E-state index contributed by atoms with van der Waals surface area (Å²) in [6.45, 7) is 62.4. The third-order valence-corrected chi connectivity index (χ3v) is 16.8. The Balaban J connectivity index is -0.000000880. The Labute approximate surface area is 830 Å². The van der Waals surface area contributed by atoms with Gasteiger partial charge in [-0.15, -0.1) is 0 Å². The molecule has 0 fully saturated rings. The van der Waals surface area contributed by atoms with Crippen LogP contribution >= 0.6 is 0 Å². The monoisotopic (exact) mass is 2010 g/mol. The Morgan fingerprint density at radius 3 is 0.406 bits per heavy atom. The summed E-state index contributed by atoms with van der Waals surface area (Å²) < 4.78 is 201. The molecule has 0 amide bonds. The van der Waals surface area contributed by atoms with E-state index in [0.717, 1.165) is 84.6 Å². The summed E-state index contributed by atoms with van der Waals surface area (Å²) in [5, 5.41) is 6.73. The maximum absolute atomic E-state index is 8.11. The lowest BCUT2D eigenvalue weighted by Gasteiger charge is -2.09. The highest BCUT2D eigenvalue weighted by atomic mass is 16.6. The molecule has 0 bridgehead atoms. The maximum Gasteiger partial charge on any atom is 0.0703 e. The average molecular weight is 2010 g/mol. The van der Waals surface area contributed by atoms with Crippen LogP contribution < -0.4 is 0 Å². The van der Waals surface area contributed by atoms with Crippen LogP contribution in [0.5, 0.6) is 0 Å². The topological polar surface area (TPSA) is 439 Å². The van der Waals surface area contributed by atoms with E-state index in [2.05, 4.69) is 61.6 Å². The van der Waals surface area contributed by atoms with Gasteiger partial charge in [0.05, 0.1) is 448 Å². The van der Waals surface area contributed by atoms with Gasteiger partial charge in [0.1, 0.15) is 0 Å². The molecule has 0 aromatic carbocycles. The number of rotatable bonds is 120. The van der Waals surface area contributed by atoms with Crippen LogP contribution in [0.3, 0.4) is 0 Å². The van der Waals surface area contributed by atoms with Crippen molar-refractivity contribution in [2.45, 2.75) is 126 Å². The minimum Gasteiger partial charge on any atom is -0.379 e. The molecule has 0 radical (unpaired) electrons. The smallest absolute Gasteiger partial charge is 0.0703 e. The fourth-order valence-electron chi connectivity index (χ4n) is 9.61. The summed E-state index contributed by atoms with van der Waals surface area (Å²) in [4.78, 5) is 5.27. The van der Waals surface area contributed by atoms with E-state index in [9.17, 15) is 0 Å². The van der Waals surface area contributed by atoms with E-state index in [0.29, 0.717) is 461 Å². The van der Waals surface area contributed by atoms with Crippen LogP contribution in [0.15, 0.2) is 10.2 Å². The zero-order valence-corrected chi connectivity index (χ0v) is 87.4. The quantitative estimate of drug-likeness (QED) is 0.0236. The molecule has 0 spiro atoms. The Bertz CT molecular complexity index is 2220. The molecule has 0 aromatic rings. The first-order valence-corrected chi connectivity index (χ1v) is 50.5. The molecule has 0 atom stereocenters. The summed E-state index contributed by atoms with van der Waals surface area (Å²) in [7, 11) is 0. The number of nitrogens with zero attached hydrogens (tertiary/aromatic N) is 6. The van der Waals surface area contributed by atoms with Crippen molar-refractivity contribution in [1.29, 1.82) is 0 Å². The van der Waals surface area contributed by atoms with E-state index in [1.165, 1.54) is 0 Å². The molecule has 43 heteroatoms. The molecule has 0 aliphatic heterocycles. The molecule has 0 N–H and O–H groups in total. The van der Waals surface area contributed by atoms with Crippen LogP contribution in [0.4, 0.5) is 0 Å². The minimum absolute atomic E-state index is 0.234. The van der Waals surface area contributed by atoms with Crippen molar-refractivity contribution in [3.63, 3.8) is 0 Å². The van der Waals surface area contributed by atoms with Crippen molar-refractivity contribution in [2.24, 2.45) is 22.1 Å². The van der Waals surface area contributed by atoms with E-state index >= 15 is 0 Å². The van der Waals surface area contributed by atoms with Crippen LogP contribution in [-0.2, 0) is 175 Å². The maximum atomic E-state index is 8.11. The van der Waals surface area contributed by atoms with Crippen molar-refractivity contribution in [3.05, 3.63) is 20.9 Å². The molecule has 0 unspecified atom stereocenters. The number of unbranched alkanes of at least 4 members (excludes halogenated alkanes) is 2. The first kappa shape index (κ1) is 141. The summed E-state index contributed by atoms with van der Waals surface area (Å²) in [5.41, 5.74) is 16.2. The van der Waals surface area contributed by atoms with Crippen molar-refractivity contribution in [3.8, 4) is 0 Å². The van der Waals surface area contributed by atoms with Crippen LogP contribution in [-0.4, -0.2) is 501 Å². The Morgan fingerprint density at radius 1 is 0.152 bits per heavy atom. The number of azide groups is 2. The molecule has 0 heterocycles. The molecular weight excluding hydrogens is 1820 g/mol. The molecule has 0 saturated heterocycles. The zero-order valence-electron chi connectivity index (χ0n) is 87.4. The first-order chi connectivity index (χ1) is 68.1. The number of hydrogen-bond acceptors (Lipinski definition) is 39. The lowest BCUT2D eigenvalue weighted by molar-refractivity contribution is -0.0293. The molecule has 0 saturated carbocycles. The van der Waals surface area contributed by atoms with Gasteiger partial charge in [-0.05, 0) is 95.5 Å². The number of hydrogen-bond donors (Lipinski definition) is 0. The van der Waals surface area contributed by atoms with Gasteiger partial charge < -0.3 is 175 Å². The SMILES string of the molecule is CC(C)CCOCCOCCCCCOCCOCCOCCOCCOCCOCCN=[N+]=[N-].CC(C)OCCOCCOCCOCCOCCOCCN=[N+]=[N-].CCCOCCOCCOCCOCCOCCOCCOCCOCCOCCOCCOCCC(C)C.CCCOCCOCCOCCOCCOCCOCCOCCOCCOCCOCCOCCOC(C)C. The van der Waals surface area contributed by atoms with Gasteiger partial charge >= 0.3 is 0 Å². The highest BCUT2D eigenvalue weighted by molar-refractivity contribution is 4.52. The predicted molar refractivity (Wildman–Crippen MR) is 522 cm³/mol. The Hall–Kier alpha value is -2.86.